The molecule has 0 saturated heterocycles. The molecule has 0 bridgehead atoms. The number of nitrogens with zero attached hydrogens (tertiary/aromatic N) is 2. The molecule has 0 aliphatic heterocycles. The molecule has 0 spiro atoms. The van der Waals surface area contributed by atoms with Crippen LogP contribution in [-0.2, 0) is 13.0 Å². The van der Waals surface area contributed by atoms with E-state index in [4.69, 9.17) is 9.97 Å². The van der Waals surface area contributed by atoms with Crippen molar-refractivity contribution in [2.24, 2.45) is 11.8 Å². The van der Waals surface area contributed by atoms with Gasteiger partial charge in [-0.2, -0.15) is 0 Å². The van der Waals surface area contributed by atoms with Gasteiger partial charge in [0.05, 0.1) is 11.4 Å². The van der Waals surface area contributed by atoms with Gasteiger partial charge < -0.3 is 5.32 Å². The normalized spacial score (nSPS) is 23.1. The molecule has 3 aliphatic carbocycles. The van der Waals surface area contributed by atoms with E-state index >= 15 is 0 Å². The van der Waals surface area contributed by atoms with E-state index in [1.54, 1.807) is 0 Å². The van der Waals surface area contributed by atoms with Crippen LogP contribution in [0.15, 0.2) is 30.6 Å². The molecular weight excluding hydrogens is 426 g/mol. The molecule has 2 unspecified atom stereocenters. The average molecular weight is 468 g/mol. The van der Waals surface area contributed by atoms with E-state index in [0.717, 1.165) is 43.8 Å². The highest BCUT2D eigenvalue weighted by molar-refractivity contribution is 5.99. The van der Waals surface area contributed by atoms with Crippen molar-refractivity contribution < 1.29 is 0 Å². The zero-order valence-electron chi connectivity index (χ0n) is 22.1. The first-order valence-corrected chi connectivity index (χ1v) is 13.9. The van der Waals surface area contributed by atoms with E-state index < -0.39 is 0 Å². The van der Waals surface area contributed by atoms with Gasteiger partial charge in [0.25, 0.3) is 0 Å². The highest BCUT2D eigenvalue weighted by Crippen LogP contribution is 2.49. The number of unbranched alkanes of at least 4 members (excludes halogenated alkanes) is 1. The third-order valence-electron chi connectivity index (χ3n) is 8.66. The van der Waals surface area contributed by atoms with Crippen molar-refractivity contribution in [2.45, 2.75) is 103 Å². The van der Waals surface area contributed by atoms with E-state index in [1.807, 2.05) is 0 Å². The molecular formula is C32H41N3. The van der Waals surface area contributed by atoms with Gasteiger partial charge in [0.1, 0.15) is 0 Å². The fourth-order valence-corrected chi connectivity index (χ4v) is 5.64. The highest BCUT2D eigenvalue weighted by atomic mass is 15.0. The van der Waals surface area contributed by atoms with E-state index in [9.17, 15) is 0 Å². The Labute approximate surface area is 212 Å². The number of aryl methyl sites for hydroxylation is 1. The summed E-state index contributed by atoms with van der Waals surface area (Å²) in [5.74, 6) is 8.94. The molecule has 3 aliphatic rings. The van der Waals surface area contributed by atoms with E-state index in [2.05, 4.69) is 75.4 Å². The van der Waals surface area contributed by atoms with Crippen molar-refractivity contribution in [3.8, 4) is 11.8 Å². The predicted molar refractivity (Wildman–Crippen MR) is 146 cm³/mol. The van der Waals surface area contributed by atoms with Gasteiger partial charge in [-0.25, -0.2) is 0 Å². The van der Waals surface area contributed by atoms with Gasteiger partial charge in [0.15, 0.2) is 0 Å². The van der Waals surface area contributed by atoms with Crippen LogP contribution in [-0.4, -0.2) is 15.5 Å². The second kappa shape index (κ2) is 10.3. The first kappa shape index (κ1) is 24.3. The Bertz CT molecular complexity index is 1140. The zero-order chi connectivity index (χ0) is 24.4. The second-order valence-electron chi connectivity index (χ2n) is 11.3. The van der Waals surface area contributed by atoms with Crippen molar-refractivity contribution in [1.29, 1.82) is 0 Å². The number of aromatic nitrogens is 2. The largest absolute Gasteiger partial charge is 0.307 e. The molecule has 2 saturated carbocycles. The van der Waals surface area contributed by atoms with E-state index in [0.29, 0.717) is 17.4 Å². The minimum absolute atomic E-state index is 0.338. The maximum absolute atomic E-state index is 5.07. The highest BCUT2D eigenvalue weighted by Gasteiger charge is 2.38. The number of hydrogen-bond acceptors (Lipinski definition) is 3. The minimum atomic E-state index is 0.338. The summed E-state index contributed by atoms with van der Waals surface area (Å²) in [6.45, 7) is 10.0. The third-order valence-corrected chi connectivity index (χ3v) is 8.66. The number of fused-ring (bicyclic) bond motifs is 1. The van der Waals surface area contributed by atoms with Crippen LogP contribution >= 0.6 is 0 Å². The smallest absolute Gasteiger partial charge is 0.0674 e. The summed E-state index contributed by atoms with van der Waals surface area (Å²) in [5, 5.41) is 3.69. The van der Waals surface area contributed by atoms with Gasteiger partial charge in [0, 0.05) is 48.0 Å². The summed E-state index contributed by atoms with van der Waals surface area (Å²) < 4.78 is 0. The van der Waals surface area contributed by atoms with Gasteiger partial charge in [-0.15, -0.1) is 0 Å². The van der Waals surface area contributed by atoms with Crippen LogP contribution in [0.2, 0.25) is 0 Å². The van der Waals surface area contributed by atoms with E-state index in [-0.39, 0.29) is 0 Å². The van der Waals surface area contributed by atoms with Gasteiger partial charge in [-0.05, 0) is 79.7 Å². The van der Waals surface area contributed by atoms with Crippen LogP contribution in [0.1, 0.15) is 113 Å². The summed E-state index contributed by atoms with van der Waals surface area (Å²) in [6.07, 6.45) is 14.8. The van der Waals surface area contributed by atoms with Crippen LogP contribution in [0.5, 0.6) is 0 Å². The van der Waals surface area contributed by atoms with Crippen molar-refractivity contribution >= 4 is 11.1 Å². The lowest BCUT2D eigenvalue weighted by molar-refractivity contribution is 0.184. The molecule has 35 heavy (non-hydrogen) atoms. The predicted octanol–water partition coefficient (Wildman–Crippen LogP) is 7.32. The molecule has 0 amide bonds. The standard InChI is InChI=1S/C32H41N3/c1-5-7-8-12-26-28(30-14-13-24(20-33-30)21-35-32(4)15-16-32)18-27(25-10-9-11-25)22(3)31-29(26)17-23(6-2)19-34-31/h13-14,17,19-20,22,25,27,35H,5-7,9-11,15-16,18,21H2,1-4H3. The Balaban J connectivity index is 1.59. The molecule has 5 rings (SSSR count). The van der Waals surface area contributed by atoms with Gasteiger partial charge in [0.2, 0.25) is 0 Å². The Hall–Kier alpha value is -2.44. The molecule has 2 aromatic heterocycles. The summed E-state index contributed by atoms with van der Waals surface area (Å²) in [7, 11) is 0. The Morgan fingerprint density at radius 1 is 1.09 bits per heavy atom. The average Bonchev–Trinajstić information content (AvgIpc) is 3.60. The quantitative estimate of drug-likeness (QED) is 0.434. The molecule has 0 aromatic carbocycles. The second-order valence-corrected chi connectivity index (χ2v) is 11.3. The molecule has 3 heteroatoms. The molecule has 2 heterocycles. The SMILES string of the molecule is CCCC#CC1=C(c2ccc(CNC3(C)CC3)cn2)CC(C2CCC2)C(C)c2ncc(CC)cc21. The topological polar surface area (TPSA) is 37.8 Å². The summed E-state index contributed by atoms with van der Waals surface area (Å²) >= 11 is 0. The molecule has 184 valence electrons. The lowest BCUT2D eigenvalue weighted by atomic mass is 9.68. The Morgan fingerprint density at radius 3 is 2.51 bits per heavy atom. The van der Waals surface area contributed by atoms with Crippen LogP contribution < -0.4 is 5.32 Å². The minimum Gasteiger partial charge on any atom is -0.307 e. The maximum Gasteiger partial charge on any atom is 0.0674 e. The Kier molecular flexibility index (Phi) is 7.12. The lowest BCUT2D eigenvalue weighted by Crippen LogP contribution is -2.27. The summed E-state index contributed by atoms with van der Waals surface area (Å²) in [6, 6.07) is 6.87. The van der Waals surface area contributed by atoms with Crippen molar-refractivity contribution in [3.05, 3.63) is 58.7 Å². The first-order valence-electron chi connectivity index (χ1n) is 13.9. The fourth-order valence-electron chi connectivity index (χ4n) is 5.64. The molecule has 0 radical (unpaired) electrons. The van der Waals surface area contributed by atoms with Crippen LogP contribution in [0.25, 0.3) is 11.1 Å². The third kappa shape index (κ3) is 5.24. The van der Waals surface area contributed by atoms with Crippen molar-refractivity contribution in [3.63, 3.8) is 0 Å². The fraction of sp³-hybridized carbons (Fsp3) is 0.562. The zero-order valence-corrected chi connectivity index (χ0v) is 22.1. The number of hydrogen-bond donors (Lipinski definition) is 1. The van der Waals surface area contributed by atoms with Crippen molar-refractivity contribution in [2.75, 3.05) is 0 Å². The number of allylic oxidation sites excluding steroid dienone is 2. The first-order chi connectivity index (χ1) is 17.0. The lowest BCUT2D eigenvalue weighted by Gasteiger charge is -2.37. The summed E-state index contributed by atoms with van der Waals surface area (Å²) in [5.41, 5.74) is 8.99. The monoisotopic (exact) mass is 467 g/mol. The molecule has 2 aromatic rings. The van der Waals surface area contributed by atoms with Gasteiger partial charge in [-0.1, -0.05) is 57.9 Å². The number of pyridine rings is 2. The van der Waals surface area contributed by atoms with Crippen molar-refractivity contribution in [1.82, 2.24) is 15.3 Å². The number of rotatable bonds is 7. The molecule has 2 atom stereocenters. The molecule has 2 fully saturated rings. The molecule has 3 nitrogen and oxygen atoms in total. The van der Waals surface area contributed by atoms with Gasteiger partial charge >= 0.3 is 0 Å². The molecule has 1 N–H and O–H groups in total. The van der Waals surface area contributed by atoms with Crippen LogP contribution in [0, 0.1) is 23.7 Å². The number of nitrogens with one attached hydrogen (secondary N) is 1. The van der Waals surface area contributed by atoms with Crippen LogP contribution in [0.4, 0.5) is 0 Å². The van der Waals surface area contributed by atoms with Gasteiger partial charge in [-0.3, -0.25) is 9.97 Å². The van der Waals surface area contributed by atoms with Crippen LogP contribution in [0.3, 0.4) is 0 Å². The summed E-state index contributed by atoms with van der Waals surface area (Å²) in [4.78, 5) is 10.1. The maximum atomic E-state index is 5.07. The van der Waals surface area contributed by atoms with E-state index in [1.165, 1.54) is 65.6 Å². The Morgan fingerprint density at radius 2 is 1.89 bits per heavy atom.